The lowest BCUT2D eigenvalue weighted by atomic mass is 9.78. The number of hydrogen-bond acceptors (Lipinski definition) is 2. The van der Waals surface area contributed by atoms with Gasteiger partial charge in [-0.1, -0.05) is 20.3 Å². The summed E-state index contributed by atoms with van der Waals surface area (Å²) in [4.78, 5) is 14.4. The predicted molar refractivity (Wildman–Crippen MR) is 69.5 cm³/mol. The first kappa shape index (κ1) is 12.9. The maximum absolute atomic E-state index is 12.4. The molecule has 17 heavy (non-hydrogen) atoms. The monoisotopic (exact) mass is 238 g/mol. The van der Waals surface area contributed by atoms with Gasteiger partial charge in [0.05, 0.1) is 0 Å². The number of nitrogens with zero attached hydrogens (tertiary/aromatic N) is 1. The minimum Gasteiger partial charge on any atom is -0.342 e. The van der Waals surface area contributed by atoms with Gasteiger partial charge in [-0.25, -0.2) is 0 Å². The molecule has 0 bridgehead atoms. The van der Waals surface area contributed by atoms with Gasteiger partial charge in [-0.2, -0.15) is 0 Å². The van der Waals surface area contributed by atoms with Crippen molar-refractivity contribution < 1.29 is 4.79 Å². The topological polar surface area (TPSA) is 46.3 Å². The summed E-state index contributed by atoms with van der Waals surface area (Å²) >= 11 is 0. The van der Waals surface area contributed by atoms with E-state index in [4.69, 9.17) is 5.73 Å². The number of likely N-dealkylation sites (tertiary alicyclic amines) is 1. The lowest BCUT2D eigenvalue weighted by Crippen LogP contribution is -2.39. The zero-order chi connectivity index (χ0) is 12.4. The summed E-state index contributed by atoms with van der Waals surface area (Å²) in [7, 11) is 0. The second-order valence-corrected chi connectivity index (χ2v) is 6.15. The van der Waals surface area contributed by atoms with Gasteiger partial charge in [0.25, 0.3) is 0 Å². The van der Waals surface area contributed by atoms with E-state index >= 15 is 0 Å². The van der Waals surface area contributed by atoms with Crippen molar-refractivity contribution in [2.75, 3.05) is 13.1 Å². The molecular weight excluding hydrogens is 212 g/mol. The van der Waals surface area contributed by atoms with Crippen LogP contribution in [0.1, 0.15) is 46.0 Å². The summed E-state index contributed by atoms with van der Waals surface area (Å²) < 4.78 is 0. The molecule has 3 heteroatoms. The van der Waals surface area contributed by atoms with E-state index in [0.717, 1.165) is 25.9 Å². The minimum atomic E-state index is 0.173. The summed E-state index contributed by atoms with van der Waals surface area (Å²) in [5.74, 6) is 1.74. The van der Waals surface area contributed by atoms with E-state index in [0.29, 0.717) is 23.8 Å². The lowest BCUT2D eigenvalue weighted by molar-refractivity contribution is -0.136. The largest absolute Gasteiger partial charge is 0.342 e. The Labute approximate surface area is 105 Å². The fourth-order valence-corrected chi connectivity index (χ4v) is 3.35. The zero-order valence-corrected chi connectivity index (χ0v) is 11.2. The average Bonchev–Trinajstić information content (AvgIpc) is 2.74. The Morgan fingerprint density at radius 1 is 1.35 bits per heavy atom. The third kappa shape index (κ3) is 3.01. The van der Waals surface area contributed by atoms with Gasteiger partial charge < -0.3 is 10.6 Å². The number of carbonyl (C=O) groups excluding carboxylic acids is 1. The van der Waals surface area contributed by atoms with E-state index in [1.165, 1.54) is 19.3 Å². The Balaban J connectivity index is 1.90. The third-order valence-electron chi connectivity index (χ3n) is 4.59. The van der Waals surface area contributed by atoms with Crippen LogP contribution in [0.15, 0.2) is 0 Å². The Bertz CT molecular complexity index is 279. The molecule has 1 heterocycles. The van der Waals surface area contributed by atoms with Gasteiger partial charge in [0.1, 0.15) is 0 Å². The van der Waals surface area contributed by atoms with Gasteiger partial charge in [-0.3, -0.25) is 4.79 Å². The number of hydrogen-bond donors (Lipinski definition) is 1. The molecule has 1 aliphatic heterocycles. The molecular formula is C14H26N2O. The van der Waals surface area contributed by atoms with E-state index in [9.17, 15) is 4.79 Å². The fourth-order valence-electron chi connectivity index (χ4n) is 3.35. The highest BCUT2D eigenvalue weighted by Gasteiger charge is 2.33. The maximum atomic E-state index is 12.4. The van der Waals surface area contributed by atoms with Gasteiger partial charge in [0.2, 0.25) is 5.91 Å². The highest BCUT2D eigenvalue weighted by molar-refractivity contribution is 5.79. The van der Waals surface area contributed by atoms with Crippen molar-refractivity contribution in [2.24, 2.45) is 23.5 Å². The molecule has 0 aromatic rings. The zero-order valence-electron chi connectivity index (χ0n) is 11.2. The van der Waals surface area contributed by atoms with Crippen molar-refractivity contribution in [3.05, 3.63) is 0 Å². The molecule has 0 aromatic heterocycles. The molecule has 1 aliphatic carbocycles. The molecule has 2 fully saturated rings. The van der Waals surface area contributed by atoms with Crippen molar-refractivity contribution in [3.8, 4) is 0 Å². The predicted octanol–water partition coefficient (Wildman–Crippen LogP) is 2.01. The summed E-state index contributed by atoms with van der Waals surface area (Å²) in [6.07, 6.45) is 5.72. The summed E-state index contributed by atoms with van der Waals surface area (Å²) in [6.45, 7) is 6.26. The Morgan fingerprint density at radius 3 is 2.71 bits per heavy atom. The molecule has 2 rings (SSSR count). The van der Waals surface area contributed by atoms with Crippen LogP contribution in [-0.2, 0) is 4.79 Å². The van der Waals surface area contributed by atoms with E-state index in [2.05, 4.69) is 18.7 Å². The first-order valence-electron chi connectivity index (χ1n) is 7.12. The number of nitrogens with two attached hydrogens (primary N) is 1. The smallest absolute Gasteiger partial charge is 0.225 e. The Morgan fingerprint density at radius 2 is 2.12 bits per heavy atom. The van der Waals surface area contributed by atoms with Gasteiger partial charge in [0.15, 0.2) is 0 Å². The van der Waals surface area contributed by atoms with Crippen LogP contribution in [0.4, 0.5) is 0 Å². The van der Waals surface area contributed by atoms with Crippen LogP contribution in [0.5, 0.6) is 0 Å². The molecule has 3 nitrogen and oxygen atoms in total. The molecule has 2 N–H and O–H groups in total. The number of rotatable bonds is 2. The maximum Gasteiger partial charge on any atom is 0.225 e. The van der Waals surface area contributed by atoms with Gasteiger partial charge in [-0.05, 0) is 37.5 Å². The first-order valence-corrected chi connectivity index (χ1v) is 7.12. The van der Waals surface area contributed by atoms with Crippen molar-refractivity contribution in [1.29, 1.82) is 0 Å². The molecule has 0 spiro atoms. The molecule has 1 amide bonds. The molecule has 4 atom stereocenters. The highest BCUT2D eigenvalue weighted by atomic mass is 16.2. The van der Waals surface area contributed by atoms with Gasteiger partial charge in [0, 0.05) is 25.0 Å². The standard InChI is InChI=1S/C14H26N2O/c1-10-6-7-16(9-10)14(17)11(2)12-4-3-5-13(15)8-12/h10-13H,3-9,15H2,1-2H3. The van der Waals surface area contributed by atoms with Crippen LogP contribution in [0.25, 0.3) is 0 Å². The van der Waals surface area contributed by atoms with Crippen LogP contribution >= 0.6 is 0 Å². The second kappa shape index (κ2) is 5.38. The second-order valence-electron chi connectivity index (χ2n) is 6.15. The van der Waals surface area contributed by atoms with E-state index in [1.54, 1.807) is 0 Å². The SMILES string of the molecule is CC1CCN(C(=O)C(C)C2CCCC(N)C2)C1. The lowest BCUT2D eigenvalue weighted by Gasteiger charge is -2.32. The number of amides is 1. The molecule has 1 saturated carbocycles. The summed E-state index contributed by atoms with van der Waals surface area (Å²) in [6, 6.07) is 0.321. The molecule has 0 aromatic carbocycles. The first-order chi connectivity index (χ1) is 8.08. The van der Waals surface area contributed by atoms with Crippen molar-refractivity contribution in [3.63, 3.8) is 0 Å². The third-order valence-corrected chi connectivity index (χ3v) is 4.59. The van der Waals surface area contributed by atoms with Crippen LogP contribution in [0.3, 0.4) is 0 Å². The molecule has 98 valence electrons. The molecule has 4 unspecified atom stereocenters. The molecule has 1 saturated heterocycles. The Hall–Kier alpha value is -0.570. The van der Waals surface area contributed by atoms with E-state index < -0.39 is 0 Å². The quantitative estimate of drug-likeness (QED) is 0.800. The van der Waals surface area contributed by atoms with Crippen molar-refractivity contribution in [2.45, 2.75) is 52.0 Å². The van der Waals surface area contributed by atoms with Crippen LogP contribution in [0, 0.1) is 17.8 Å². The summed E-state index contributed by atoms with van der Waals surface area (Å²) in [5.41, 5.74) is 6.01. The highest BCUT2D eigenvalue weighted by Crippen LogP contribution is 2.31. The van der Waals surface area contributed by atoms with Crippen LogP contribution < -0.4 is 5.73 Å². The number of carbonyl (C=O) groups is 1. The molecule has 0 radical (unpaired) electrons. The average molecular weight is 238 g/mol. The van der Waals surface area contributed by atoms with Crippen LogP contribution in [0.2, 0.25) is 0 Å². The van der Waals surface area contributed by atoms with Gasteiger partial charge in [-0.15, -0.1) is 0 Å². The van der Waals surface area contributed by atoms with E-state index in [1.807, 2.05) is 0 Å². The molecule has 2 aliphatic rings. The minimum absolute atomic E-state index is 0.173. The normalized spacial score (nSPS) is 35.9. The fraction of sp³-hybridized carbons (Fsp3) is 0.929. The Kier molecular flexibility index (Phi) is 4.08. The van der Waals surface area contributed by atoms with Gasteiger partial charge >= 0.3 is 0 Å². The van der Waals surface area contributed by atoms with Crippen molar-refractivity contribution in [1.82, 2.24) is 4.90 Å². The van der Waals surface area contributed by atoms with Crippen LogP contribution in [-0.4, -0.2) is 29.9 Å². The van der Waals surface area contributed by atoms with E-state index in [-0.39, 0.29) is 5.92 Å². The summed E-state index contributed by atoms with van der Waals surface area (Å²) in [5, 5.41) is 0. The van der Waals surface area contributed by atoms with Crippen molar-refractivity contribution >= 4 is 5.91 Å².